The van der Waals surface area contributed by atoms with Gasteiger partial charge in [0.2, 0.25) is 17.7 Å². The summed E-state index contributed by atoms with van der Waals surface area (Å²) in [4.78, 5) is 43.2. The molecule has 0 saturated carbocycles. The Labute approximate surface area is 134 Å². The van der Waals surface area contributed by atoms with Crippen LogP contribution in [0.25, 0.3) is 0 Å². The van der Waals surface area contributed by atoms with Gasteiger partial charge in [0, 0.05) is 38.4 Å². The molecule has 1 N–H and O–H groups in total. The number of amides is 3. The summed E-state index contributed by atoms with van der Waals surface area (Å²) in [5.74, 6) is -0.159. The number of hydrogen-bond donors (Lipinski definition) is 1. The van der Waals surface area contributed by atoms with E-state index in [1.807, 2.05) is 12.1 Å². The van der Waals surface area contributed by atoms with E-state index in [0.717, 1.165) is 5.56 Å². The molecule has 0 unspecified atom stereocenters. The fourth-order valence-electron chi connectivity index (χ4n) is 3.18. The van der Waals surface area contributed by atoms with Crippen LogP contribution < -0.4 is 5.32 Å². The summed E-state index contributed by atoms with van der Waals surface area (Å²) in [6.07, 6.45) is 4.93. The second-order valence-electron chi connectivity index (χ2n) is 6.12. The number of carbonyl (C=O) groups excluding carboxylic acids is 3. The van der Waals surface area contributed by atoms with Crippen LogP contribution >= 0.6 is 0 Å². The number of rotatable bonds is 4. The summed E-state index contributed by atoms with van der Waals surface area (Å²) in [5.41, 5.74) is 1.01. The fourth-order valence-corrected chi connectivity index (χ4v) is 3.18. The lowest BCUT2D eigenvalue weighted by Gasteiger charge is -2.33. The van der Waals surface area contributed by atoms with E-state index in [1.54, 1.807) is 24.3 Å². The molecule has 2 aliphatic rings. The Hall–Kier alpha value is -2.44. The van der Waals surface area contributed by atoms with Gasteiger partial charge in [-0.2, -0.15) is 0 Å². The number of nitrogens with zero attached hydrogens (tertiary/aromatic N) is 3. The van der Waals surface area contributed by atoms with Crippen molar-refractivity contribution < 1.29 is 14.4 Å². The zero-order valence-electron chi connectivity index (χ0n) is 13.1. The molecule has 0 bridgehead atoms. The van der Waals surface area contributed by atoms with Crippen LogP contribution in [0.3, 0.4) is 0 Å². The molecule has 0 aromatic carbocycles. The molecule has 0 spiro atoms. The van der Waals surface area contributed by atoms with Gasteiger partial charge in [0.15, 0.2) is 0 Å². The lowest BCUT2D eigenvalue weighted by Crippen LogP contribution is -2.55. The normalized spacial score (nSPS) is 23.9. The van der Waals surface area contributed by atoms with Gasteiger partial charge in [0.1, 0.15) is 6.04 Å². The average molecular weight is 316 g/mol. The summed E-state index contributed by atoms with van der Waals surface area (Å²) in [6, 6.07) is 3.20. The van der Waals surface area contributed by atoms with E-state index in [4.69, 9.17) is 0 Å². The van der Waals surface area contributed by atoms with Crippen LogP contribution in [0.1, 0.15) is 18.4 Å². The highest BCUT2D eigenvalue weighted by Crippen LogP contribution is 2.23. The first-order valence-corrected chi connectivity index (χ1v) is 7.77. The van der Waals surface area contributed by atoms with Crippen molar-refractivity contribution in [1.29, 1.82) is 0 Å². The number of aromatic nitrogens is 1. The molecule has 3 rings (SSSR count). The first-order valence-electron chi connectivity index (χ1n) is 7.77. The summed E-state index contributed by atoms with van der Waals surface area (Å²) in [6.45, 7) is 0.540. The van der Waals surface area contributed by atoms with Crippen LogP contribution in [0.15, 0.2) is 24.5 Å². The zero-order chi connectivity index (χ0) is 16.4. The Morgan fingerprint density at radius 2 is 2.26 bits per heavy atom. The van der Waals surface area contributed by atoms with Crippen molar-refractivity contribution in [2.75, 3.05) is 20.1 Å². The monoisotopic (exact) mass is 316 g/mol. The van der Waals surface area contributed by atoms with Gasteiger partial charge in [0.05, 0.1) is 6.54 Å². The molecule has 122 valence electrons. The lowest BCUT2D eigenvalue weighted by molar-refractivity contribution is -0.152. The van der Waals surface area contributed by atoms with Gasteiger partial charge in [-0.05, 0) is 24.5 Å². The molecule has 7 nitrogen and oxygen atoms in total. The minimum atomic E-state index is -0.426. The second-order valence-corrected chi connectivity index (χ2v) is 6.12. The van der Waals surface area contributed by atoms with Crippen molar-refractivity contribution in [2.24, 2.45) is 0 Å². The van der Waals surface area contributed by atoms with Crippen molar-refractivity contribution in [3.8, 4) is 0 Å². The zero-order valence-corrected chi connectivity index (χ0v) is 13.1. The molecule has 2 saturated heterocycles. The van der Waals surface area contributed by atoms with Gasteiger partial charge in [-0.15, -0.1) is 0 Å². The van der Waals surface area contributed by atoms with Crippen LogP contribution in [0.4, 0.5) is 0 Å². The van der Waals surface area contributed by atoms with Crippen molar-refractivity contribution >= 4 is 17.7 Å². The van der Waals surface area contributed by atoms with Gasteiger partial charge < -0.3 is 15.1 Å². The highest BCUT2D eigenvalue weighted by Gasteiger charge is 2.44. The molecule has 7 heteroatoms. The highest BCUT2D eigenvalue weighted by atomic mass is 16.2. The van der Waals surface area contributed by atoms with Gasteiger partial charge in [0.25, 0.3) is 0 Å². The van der Waals surface area contributed by atoms with Crippen molar-refractivity contribution in [3.63, 3.8) is 0 Å². The smallest absolute Gasteiger partial charge is 0.245 e. The predicted molar refractivity (Wildman–Crippen MR) is 82.2 cm³/mol. The van der Waals surface area contributed by atoms with Crippen LogP contribution in [0, 0.1) is 0 Å². The fraction of sp³-hybridized carbons (Fsp3) is 0.500. The summed E-state index contributed by atoms with van der Waals surface area (Å²) < 4.78 is 0. The number of carbonyl (C=O) groups is 3. The molecule has 1 aromatic heterocycles. The van der Waals surface area contributed by atoms with Crippen molar-refractivity contribution in [2.45, 2.75) is 31.3 Å². The summed E-state index contributed by atoms with van der Waals surface area (Å²) >= 11 is 0. The number of hydrogen-bond acceptors (Lipinski definition) is 4. The molecule has 2 atom stereocenters. The SMILES string of the molecule is CN1CC(=O)N2C[C@H](NC(=O)CCc3cccnc3)C[C@H]2C1=O. The molecule has 3 heterocycles. The molecule has 1 aromatic rings. The maximum absolute atomic E-state index is 12.1. The second kappa shape index (κ2) is 6.36. The van der Waals surface area contributed by atoms with E-state index in [-0.39, 0.29) is 30.3 Å². The Morgan fingerprint density at radius 3 is 3.00 bits per heavy atom. The first kappa shape index (κ1) is 15.5. The molecule has 2 fully saturated rings. The summed E-state index contributed by atoms with van der Waals surface area (Å²) in [7, 11) is 1.64. The highest BCUT2D eigenvalue weighted by molar-refractivity contribution is 5.95. The minimum Gasteiger partial charge on any atom is -0.351 e. The van der Waals surface area contributed by atoms with Gasteiger partial charge in [-0.25, -0.2) is 0 Å². The largest absolute Gasteiger partial charge is 0.351 e. The Kier molecular flexibility index (Phi) is 4.27. The lowest BCUT2D eigenvalue weighted by atomic mass is 10.1. The number of pyridine rings is 1. The standard InChI is InChI=1S/C16H20N4O3/c1-19-10-15(22)20-9-12(7-13(20)16(19)23)18-14(21)5-4-11-3-2-6-17-8-11/h2-3,6,8,12-13H,4-5,7,9-10H2,1H3,(H,18,21)/t12-,13+/m1/s1. The first-order chi connectivity index (χ1) is 11.0. The molecule has 2 aliphatic heterocycles. The third-order valence-electron chi connectivity index (χ3n) is 4.38. The van der Waals surface area contributed by atoms with Gasteiger partial charge in [-0.3, -0.25) is 19.4 Å². The van der Waals surface area contributed by atoms with Crippen LogP contribution in [0.5, 0.6) is 0 Å². The summed E-state index contributed by atoms with van der Waals surface area (Å²) in [5, 5.41) is 2.94. The van der Waals surface area contributed by atoms with Crippen LogP contribution in [-0.2, 0) is 20.8 Å². The Morgan fingerprint density at radius 1 is 1.43 bits per heavy atom. The molecule has 0 radical (unpaired) electrons. The third kappa shape index (κ3) is 3.33. The number of nitrogens with one attached hydrogen (secondary N) is 1. The maximum Gasteiger partial charge on any atom is 0.245 e. The van der Waals surface area contributed by atoms with Crippen LogP contribution in [-0.4, -0.2) is 64.7 Å². The third-order valence-corrected chi connectivity index (χ3v) is 4.38. The Balaban J connectivity index is 1.52. The minimum absolute atomic E-state index is 0.0447. The van der Waals surface area contributed by atoms with Crippen molar-refractivity contribution in [3.05, 3.63) is 30.1 Å². The van der Waals surface area contributed by atoms with E-state index >= 15 is 0 Å². The number of fused-ring (bicyclic) bond motifs is 1. The van der Waals surface area contributed by atoms with E-state index in [0.29, 0.717) is 25.8 Å². The topological polar surface area (TPSA) is 82.6 Å². The van der Waals surface area contributed by atoms with E-state index in [2.05, 4.69) is 10.3 Å². The van der Waals surface area contributed by atoms with E-state index < -0.39 is 6.04 Å². The molecular weight excluding hydrogens is 296 g/mol. The van der Waals surface area contributed by atoms with Crippen molar-refractivity contribution in [1.82, 2.24) is 20.1 Å². The molecular formula is C16H20N4O3. The van der Waals surface area contributed by atoms with Gasteiger partial charge >= 0.3 is 0 Å². The van der Waals surface area contributed by atoms with E-state index in [1.165, 1.54) is 4.90 Å². The number of piperazine rings is 1. The number of aryl methyl sites for hydroxylation is 1. The van der Waals surface area contributed by atoms with Crippen LogP contribution in [0.2, 0.25) is 0 Å². The maximum atomic E-state index is 12.1. The average Bonchev–Trinajstić information content (AvgIpc) is 2.96. The predicted octanol–water partition coefficient (Wildman–Crippen LogP) is -0.428. The molecule has 23 heavy (non-hydrogen) atoms. The van der Waals surface area contributed by atoms with E-state index in [9.17, 15) is 14.4 Å². The number of likely N-dealkylation sites (N-methyl/N-ethyl adjacent to an activating group) is 1. The Bertz CT molecular complexity index is 619. The van der Waals surface area contributed by atoms with Gasteiger partial charge in [-0.1, -0.05) is 6.07 Å². The quantitative estimate of drug-likeness (QED) is 0.817. The molecule has 3 amide bonds. The molecule has 0 aliphatic carbocycles.